The highest BCUT2D eigenvalue weighted by molar-refractivity contribution is 7.92. The molecule has 1 amide bonds. The molecule has 0 spiro atoms. The van der Waals surface area contributed by atoms with Crippen molar-refractivity contribution in [2.45, 2.75) is 19.9 Å². The average molecular weight is 426 g/mol. The minimum atomic E-state index is -3.44. The van der Waals surface area contributed by atoms with Gasteiger partial charge in [-0.25, -0.2) is 13.1 Å². The van der Waals surface area contributed by atoms with E-state index >= 15 is 0 Å². The number of nitrogens with zero attached hydrogens (tertiary/aromatic N) is 2. The molecule has 0 aliphatic carbocycles. The third kappa shape index (κ3) is 5.32. The van der Waals surface area contributed by atoms with Crippen molar-refractivity contribution in [1.82, 2.24) is 9.78 Å². The van der Waals surface area contributed by atoms with Crippen LogP contribution in [-0.2, 0) is 14.8 Å². The van der Waals surface area contributed by atoms with Crippen molar-refractivity contribution in [3.05, 3.63) is 76.6 Å². The summed E-state index contributed by atoms with van der Waals surface area (Å²) in [5.74, 6) is -0.456. The van der Waals surface area contributed by atoms with Gasteiger partial charge >= 0.3 is 0 Å². The third-order valence-corrected chi connectivity index (χ3v) is 4.96. The second kappa shape index (κ2) is 8.50. The SMILES string of the molecule is Cc1ccc(-c2ccc(=O)n(C(C)C(=O)Nc3cccc(NS(C)(=O)=O)c3)n2)cc1. The molecule has 8 nitrogen and oxygen atoms in total. The Balaban J connectivity index is 1.82. The van der Waals surface area contributed by atoms with Crippen molar-refractivity contribution < 1.29 is 13.2 Å². The first-order chi connectivity index (χ1) is 14.1. The van der Waals surface area contributed by atoms with Gasteiger partial charge in [0, 0.05) is 17.3 Å². The maximum atomic E-state index is 12.7. The van der Waals surface area contributed by atoms with E-state index in [1.54, 1.807) is 31.2 Å². The van der Waals surface area contributed by atoms with Gasteiger partial charge in [0.05, 0.1) is 17.6 Å². The smallest absolute Gasteiger partial charge is 0.267 e. The molecule has 156 valence electrons. The lowest BCUT2D eigenvalue weighted by Gasteiger charge is -2.15. The minimum absolute atomic E-state index is 0.319. The van der Waals surface area contributed by atoms with Crippen LogP contribution in [0.25, 0.3) is 11.3 Å². The minimum Gasteiger partial charge on any atom is -0.324 e. The second-order valence-corrected chi connectivity index (χ2v) is 8.74. The van der Waals surface area contributed by atoms with Crippen molar-refractivity contribution in [3.63, 3.8) is 0 Å². The molecule has 9 heteroatoms. The Morgan fingerprint density at radius 3 is 2.37 bits per heavy atom. The fraction of sp³-hybridized carbons (Fsp3) is 0.190. The molecule has 0 radical (unpaired) electrons. The number of amides is 1. The molecule has 1 aromatic heterocycles. The van der Waals surface area contributed by atoms with Crippen LogP contribution in [-0.4, -0.2) is 30.4 Å². The van der Waals surface area contributed by atoms with E-state index in [4.69, 9.17) is 0 Å². The van der Waals surface area contributed by atoms with Crippen LogP contribution in [0.4, 0.5) is 11.4 Å². The van der Waals surface area contributed by atoms with Crippen molar-refractivity contribution in [3.8, 4) is 11.3 Å². The molecule has 2 N–H and O–H groups in total. The summed E-state index contributed by atoms with van der Waals surface area (Å²) in [6.45, 7) is 3.55. The van der Waals surface area contributed by atoms with Gasteiger partial charge in [-0.15, -0.1) is 0 Å². The van der Waals surface area contributed by atoms with Crippen LogP contribution in [0.3, 0.4) is 0 Å². The highest BCUT2D eigenvalue weighted by Gasteiger charge is 2.18. The lowest BCUT2D eigenvalue weighted by molar-refractivity contribution is -0.119. The van der Waals surface area contributed by atoms with Crippen LogP contribution < -0.4 is 15.6 Å². The monoisotopic (exact) mass is 426 g/mol. The Kier molecular flexibility index (Phi) is 6.02. The van der Waals surface area contributed by atoms with E-state index in [0.29, 0.717) is 17.1 Å². The molecule has 1 atom stereocenters. The van der Waals surface area contributed by atoms with Gasteiger partial charge in [0.1, 0.15) is 6.04 Å². The van der Waals surface area contributed by atoms with Crippen LogP contribution in [0, 0.1) is 6.92 Å². The number of carbonyl (C=O) groups excluding carboxylic acids is 1. The summed E-state index contributed by atoms with van der Waals surface area (Å²) in [5.41, 5.74) is 2.83. The highest BCUT2D eigenvalue weighted by atomic mass is 32.2. The Bertz CT molecular complexity index is 1230. The molecular weight excluding hydrogens is 404 g/mol. The quantitative estimate of drug-likeness (QED) is 0.630. The zero-order valence-electron chi connectivity index (χ0n) is 16.8. The predicted molar refractivity (Wildman–Crippen MR) is 117 cm³/mol. The lowest BCUT2D eigenvalue weighted by atomic mass is 10.1. The lowest BCUT2D eigenvalue weighted by Crippen LogP contribution is -2.33. The van der Waals surface area contributed by atoms with Gasteiger partial charge in [-0.1, -0.05) is 35.9 Å². The number of nitrogens with one attached hydrogen (secondary N) is 2. The zero-order chi connectivity index (χ0) is 21.9. The van der Waals surface area contributed by atoms with Crippen LogP contribution in [0.1, 0.15) is 18.5 Å². The first-order valence-corrected chi connectivity index (χ1v) is 11.1. The van der Waals surface area contributed by atoms with Gasteiger partial charge < -0.3 is 5.32 Å². The number of sulfonamides is 1. The van der Waals surface area contributed by atoms with E-state index < -0.39 is 27.5 Å². The van der Waals surface area contributed by atoms with Gasteiger partial charge in [0.15, 0.2) is 0 Å². The first kappa shape index (κ1) is 21.3. The van der Waals surface area contributed by atoms with E-state index in [9.17, 15) is 18.0 Å². The summed E-state index contributed by atoms with van der Waals surface area (Å²) < 4.78 is 26.3. The molecule has 0 saturated heterocycles. The van der Waals surface area contributed by atoms with E-state index in [-0.39, 0.29) is 0 Å². The topological polar surface area (TPSA) is 110 Å². The third-order valence-electron chi connectivity index (χ3n) is 4.35. The maximum Gasteiger partial charge on any atom is 0.267 e. The number of hydrogen-bond donors (Lipinski definition) is 2. The molecule has 3 rings (SSSR count). The van der Waals surface area contributed by atoms with E-state index in [2.05, 4.69) is 15.1 Å². The zero-order valence-corrected chi connectivity index (χ0v) is 17.6. The van der Waals surface area contributed by atoms with Crippen molar-refractivity contribution in [2.24, 2.45) is 0 Å². The number of hydrogen-bond acceptors (Lipinski definition) is 5. The molecule has 1 heterocycles. The fourth-order valence-electron chi connectivity index (χ4n) is 2.81. The van der Waals surface area contributed by atoms with Crippen LogP contribution >= 0.6 is 0 Å². The van der Waals surface area contributed by atoms with Crippen LogP contribution in [0.2, 0.25) is 0 Å². The Morgan fingerprint density at radius 1 is 1.03 bits per heavy atom. The summed E-state index contributed by atoms with van der Waals surface area (Å²) in [4.78, 5) is 25.0. The maximum absolute atomic E-state index is 12.7. The highest BCUT2D eigenvalue weighted by Crippen LogP contribution is 2.19. The van der Waals surface area contributed by atoms with Crippen molar-refractivity contribution in [2.75, 3.05) is 16.3 Å². The van der Waals surface area contributed by atoms with Crippen molar-refractivity contribution in [1.29, 1.82) is 0 Å². The molecule has 0 bridgehead atoms. The summed E-state index contributed by atoms with van der Waals surface area (Å²) >= 11 is 0. The molecule has 2 aromatic carbocycles. The number of rotatable bonds is 6. The second-order valence-electron chi connectivity index (χ2n) is 6.99. The van der Waals surface area contributed by atoms with Gasteiger partial charge in [0.25, 0.3) is 5.56 Å². The number of aromatic nitrogens is 2. The molecule has 30 heavy (non-hydrogen) atoms. The van der Waals surface area contributed by atoms with Gasteiger partial charge in [0.2, 0.25) is 15.9 Å². The number of benzene rings is 2. The number of anilines is 2. The molecule has 0 aliphatic rings. The molecule has 0 saturated carbocycles. The molecule has 1 unspecified atom stereocenters. The van der Waals surface area contributed by atoms with Gasteiger partial charge in [-0.2, -0.15) is 5.10 Å². The number of aryl methyl sites for hydroxylation is 1. The Morgan fingerprint density at radius 2 is 1.70 bits per heavy atom. The van der Waals surface area contributed by atoms with Gasteiger partial charge in [-0.05, 0) is 38.1 Å². The standard InChI is InChI=1S/C21H22N4O4S/c1-14-7-9-16(10-8-14)19-11-12-20(26)25(23-19)15(2)21(27)22-17-5-4-6-18(13-17)24-30(3,28)29/h4-13,15,24H,1-3H3,(H,22,27). The fourth-order valence-corrected chi connectivity index (χ4v) is 3.37. The summed E-state index contributed by atoms with van der Waals surface area (Å²) in [7, 11) is -3.44. The van der Waals surface area contributed by atoms with E-state index in [1.807, 2.05) is 31.2 Å². The molecule has 0 aliphatic heterocycles. The summed E-state index contributed by atoms with van der Waals surface area (Å²) in [5, 5.41) is 7.04. The largest absolute Gasteiger partial charge is 0.324 e. The van der Waals surface area contributed by atoms with Crippen LogP contribution in [0.15, 0.2) is 65.5 Å². The first-order valence-electron chi connectivity index (χ1n) is 9.18. The normalized spacial score (nSPS) is 12.2. The average Bonchev–Trinajstić information content (AvgIpc) is 2.67. The summed E-state index contributed by atoms with van der Waals surface area (Å²) in [6.07, 6.45) is 1.04. The number of carbonyl (C=O) groups is 1. The van der Waals surface area contributed by atoms with E-state index in [0.717, 1.165) is 22.1 Å². The molecule has 3 aromatic rings. The Hall–Kier alpha value is -3.46. The molecular formula is C21H22N4O4S. The predicted octanol–water partition coefficient (Wildman–Crippen LogP) is 2.79. The Labute approximate surface area is 174 Å². The van der Waals surface area contributed by atoms with Gasteiger partial charge in [-0.3, -0.25) is 14.3 Å². The summed E-state index contributed by atoms with van der Waals surface area (Å²) in [6, 6.07) is 16.1. The molecule has 0 fully saturated rings. The van der Waals surface area contributed by atoms with Crippen molar-refractivity contribution >= 4 is 27.3 Å². The van der Waals surface area contributed by atoms with E-state index in [1.165, 1.54) is 12.1 Å². The van der Waals surface area contributed by atoms with Crippen LogP contribution in [0.5, 0.6) is 0 Å².